The summed E-state index contributed by atoms with van der Waals surface area (Å²) in [5, 5.41) is 22.3. The molecule has 0 spiro atoms. The van der Waals surface area contributed by atoms with E-state index < -0.39 is 17.7 Å². The lowest BCUT2D eigenvalue weighted by Crippen LogP contribution is -2.39. The van der Waals surface area contributed by atoms with E-state index in [4.69, 9.17) is 5.26 Å². The first-order valence-electron chi connectivity index (χ1n) is 6.07. The molecule has 1 fully saturated rings. The molecule has 0 aliphatic carbocycles. The van der Waals surface area contributed by atoms with E-state index in [0.29, 0.717) is 31.5 Å². The fourth-order valence-electron chi connectivity index (χ4n) is 2.24. The van der Waals surface area contributed by atoms with E-state index in [-0.39, 0.29) is 5.56 Å². The summed E-state index contributed by atoms with van der Waals surface area (Å²) in [7, 11) is 0. The van der Waals surface area contributed by atoms with Crippen molar-refractivity contribution < 1.29 is 23.0 Å². The van der Waals surface area contributed by atoms with Gasteiger partial charge in [-0.15, -0.1) is 13.2 Å². The summed E-state index contributed by atoms with van der Waals surface area (Å²) in [6.07, 6.45) is -4.09. The zero-order valence-electron chi connectivity index (χ0n) is 10.5. The number of alkyl halides is 3. The molecule has 1 aliphatic heterocycles. The molecule has 1 saturated heterocycles. The lowest BCUT2D eigenvalue weighted by molar-refractivity contribution is -0.274. The molecule has 2 rings (SSSR count). The molecule has 7 heteroatoms. The normalized spacial score (nSPS) is 18.4. The van der Waals surface area contributed by atoms with Gasteiger partial charge in [0.25, 0.3) is 0 Å². The smallest absolute Gasteiger partial charge is 0.404 e. The Morgan fingerprint density at radius 1 is 1.30 bits per heavy atom. The van der Waals surface area contributed by atoms with Crippen molar-refractivity contribution in [2.75, 3.05) is 13.1 Å². The van der Waals surface area contributed by atoms with Gasteiger partial charge in [0.15, 0.2) is 0 Å². The minimum absolute atomic E-state index is 0.219. The highest BCUT2D eigenvalue weighted by atomic mass is 19.4. The van der Waals surface area contributed by atoms with Gasteiger partial charge in [0.2, 0.25) is 0 Å². The zero-order valence-corrected chi connectivity index (χ0v) is 10.5. The number of halogens is 3. The van der Waals surface area contributed by atoms with Crippen molar-refractivity contribution in [2.24, 2.45) is 0 Å². The maximum atomic E-state index is 12.3. The van der Waals surface area contributed by atoms with Crippen molar-refractivity contribution in [1.29, 1.82) is 5.26 Å². The minimum atomic E-state index is -4.87. The molecule has 1 heterocycles. The standard InChI is InChI=1S/C13H13F3N2O2/c14-13(15,16)20-11-7-10(2-1-9(11)8-17)12(19)3-5-18-6-4-12/h1-2,7,18-19H,3-6H2. The Kier molecular flexibility index (Phi) is 3.88. The van der Waals surface area contributed by atoms with E-state index in [1.165, 1.54) is 12.1 Å². The van der Waals surface area contributed by atoms with Gasteiger partial charge in [-0.2, -0.15) is 5.26 Å². The molecular weight excluding hydrogens is 273 g/mol. The van der Waals surface area contributed by atoms with Gasteiger partial charge in [-0.3, -0.25) is 0 Å². The lowest BCUT2D eigenvalue weighted by Gasteiger charge is -2.33. The fraction of sp³-hybridized carbons (Fsp3) is 0.462. The van der Waals surface area contributed by atoms with Crippen molar-refractivity contribution in [3.05, 3.63) is 29.3 Å². The molecule has 0 radical (unpaired) electrons. The third kappa shape index (κ3) is 3.21. The summed E-state index contributed by atoms with van der Waals surface area (Å²) < 4.78 is 40.8. The molecule has 1 aromatic carbocycles. The Bertz CT molecular complexity index is 531. The molecule has 1 aromatic rings. The zero-order chi connectivity index (χ0) is 14.8. The number of hydrogen-bond donors (Lipinski definition) is 2. The number of rotatable bonds is 2. The highest BCUT2D eigenvalue weighted by molar-refractivity contribution is 5.47. The maximum Gasteiger partial charge on any atom is 0.573 e. The third-order valence-corrected chi connectivity index (χ3v) is 3.30. The molecule has 0 unspecified atom stereocenters. The van der Waals surface area contributed by atoms with Crippen molar-refractivity contribution in [3.63, 3.8) is 0 Å². The largest absolute Gasteiger partial charge is 0.573 e. The van der Waals surface area contributed by atoms with Gasteiger partial charge in [-0.25, -0.2) is 0 Å². The van der Waals surface area contributed by atoms with Gasteiger partial charge in [0.05, 0.1) is 11.2 Å². The summed E-state index contributed by atoms with van der Waals surface area (Å²) in [6.45, 7) is 1.15. The molecule has 0 bridgehead atoms. The molecule has 0 atom stereocenters. The number of hydrogen-bond acceptors (Lipinski definition) is 4. The van der Waals surface area contributed by atoms with Gasteiger partial charge in [-0.05, 0) is 43.6 Å². The summed E-state index contributed by atoms with van der Waals surface area (Å²) in [5.41, 5.74) is -1.08. The van der Waals surface area contributed by atoms with Crippen molar-refractivity contribution >= 4 is 0 Å². The van der Waals surface area contributed by atoms with Crippen LogP contribution in [0.2, 0.25) is 0 Å². The maximum absolute atomic E-state index is 12.3. The second-order valence-electron chi connectivity index (χ2n) is 4.65. The van der Waals surface area contributed by atoms with Gasteiger partial charge in [0, 0.05) is 0 Å². The van der Waals surface area contributed by atoms with Gasteiger partial charge >= 0.3 is 6.36 Å². The van der Waals surface area contributed by atoms with Gasteiger partial charge in [0.1, 0.15) is 11.8 Å². The molecule has 0 aromatic heterocycles. The molecule has 4 nitrogen and oxygen atoms in total. The van der Waals surface area contributed by atoms with Crippen LogP contribution in [-0.2, 0) is 5.60 Å². The highest BCUT2D eigenvalue weighted by Crippen LogP contribution is 2.35. The Morgan fingerprint density at radius 3 is 2.50 bits per heavy atom. The van der Waals surface area contributed by atoms with Crippen LogP contribution in [0.1, 0.15) is 24.0 Å². The van der Waals surface area contributed by atoms with E-state index >= 15 is 0 Å². The van der Waals surface area contributed by atoms with Crippen LogP contribution in [0.15, 0.2) is 18.2 Å². The van der Waals surface area contributed by atoms with Crippen LogP contribution in [0.5, 0.6) is 5.75 Å². The van der Waals surface area contributed by atoms with E-state index in [9.17, 15) is 18.3 Å². The number of benzene rings is 1. The number of aliphatic hydroxyl groups is 1. The summed E-state index contributed by atoms with van der Waals surface area (Å²) in [6, 6.07) is 5.43. The van der Waals surface area contributed by atoms with Crippen LogP contribution in [0.25, 0.3) is 0 Å². The second-order valence-corrected chi connectivity index (χ2v) is 4.65. The third-order valence-electron chi connectivity index (χ3n) is 3.30. The first-order chi connectivity index (χ1) is 9.34. The van der Waals surface area contributed by atoms with Crippen LogP contribution >= 0.6 is 0 Å². The summed E-state index contributed by atoms with van der Waals surface area (Å²) in [4.78, 5) is 0. The van der Waals surface area contributed by atoms with Crippen molar-refractivity contribution in [1.82, 2.24) is 5.32 Å². The SMILES string of the molecule is N#Cc1ccc(C2(O)CCNCC2)cc1OC(F)(F)F. The number of nitriles is 1. The Labute approximate surface area is 113 Å². The number of nitrogens with one attached hydrogen (secondary N) is 1. The molecule has 1 aliphatic rings. The van der Waals surface area contributed by atoms with Crippen LogP contribution in [0.4, 0.5) is 13.2 Å². The average Bonchev–Trinajstić information content (AvgIpc) is 2.37. The summed E-state index contributed by atoms with van der Waals surface area (Å²) in [5.74, 6) is -0.579. The molecular formula is C13H13F3N2O2. The average molecular weight is 286 g/mol. The Hall–Kier alpha value is -1.78. The molecule has 2 N–H and O–H groups in total. The first kappa shape index (κ1) is 14.6. The van der Waals surface area contributed by atoms with Crippen LogP contribution in [0.3, 0.4) is 0 Å². The van der Waals surface area contributed by atoms with Gasteiger partial charge < -0.3 is 15.2 Å². The number of piperidine rings is 1. The highest BCUT2D eigenvalue weighted by Gasteiger charge is 2.35. The quantitative estimate of drug-likeness (QED) is 0.873. The monoisotopic (exact) mass is 286 g/mol. The molecule has 0 amide bonds. The van der Waals surface area contributed by atoms with Crippen molar-refractivity contribution in [2.45, 2.75) is 24.8 Å². The van der Waals surface area contributed by atoms with E-state index in [1.54, 1.807) is 6.07 Å². The van der Waals surface area contributed by atoms with Crippen LogP contribution < -0.4 is 10.1 Å². The fourth-order valence-corrected chi connectivity index (χ4v) is 2.24. The molecule has 20 heavy (non-hydrogen) atoms. The van der Waals surface area contributed by atoms with Crippen LogP contribution in [0, 0.1) is 11.3 Å². The topological polar surface area (TPSA) is 65.3 Å². The Balaban J connectivity index is 2.36. The molecule has 108 valence electrons. The van der Waals surface area contributed by atoms with Crippen molar-refractivity contribution in [3.8, 4) is 11.8 Å². The number of ether oxygens (including phenoxy) is 1. The predicted octanol–water partition coefficient (Wildman–Crippen LogP) is 2.03. The Morgan fingerprint density at radius 2 is 1.95 bits per heavy atom. The summed E-state index contributed by atoms with van der Waals surface area (Å²) >= 11 is 0. The van der Waals surface area contributed by atoms with Gasteiger partial charge in [-0.1, -0.05) is 6.07 Å². The van der Waals surface area contributed by atoms with E-state index in [0.717, 1.165) is 6.07 Å². The first-order valence-corrected chi connectivity index (χ1v) is 6.07. The second kappa shape index (κ2) is 5.31. The van der Waals surface area contributed by atoms with E-state index in [2.05, 4.69) is 10.1 Å². The van der Waals surface area contributed by atoms with Crippen LogP contribution in [-0.4, -0.2) is 24.6 Å². The number of nitrogens with zero attached hydrogens (tertiary/aromatic N) is 1. The van der Waals surface area contributed by atoms with E-state index in [1.807, 2.05) is 0 Å². The lowest BCUT2D eigenvalue weighted by atomic mass is 9.84. The predicted molar refractivity (Wildman–Crippen MR) is 63.8 cm³/mol. The minimum Gasteiger partial charge on any atom is -0.404 e. The molecule has 0 saturated carbocycles.